The van der Waals surface area contributed by atoms with Crippen molar-refractivity contribution >= 4 is 25.5 Å². The van der Waals surface area contributed by atoms with Crippen LogP contribution in [0.5, 0.6) is 0 Å². The van der Waals surface area contributed by atoms with E-state index in [4.69, 9.17) is 18.5 Å². The normalized spacial score (nSPS) is 18.9. The maximum absolute atomic E-state index is 12.8. The van der Waals surface area contributed by atoms with Crippen LogP contribution in [0, 0.1) is 11.8 Å². The SMILES string of the molecule is CCCCCCCCCCCCCCCCCCCCCC(=O)OC[C@H](COP(=O)([O-])OCC[N+](C)(C)C)OC(=O)CCC/C=C\C[C@H]1[C@@H](O)CC(=O)[C@@H]1/C=C/[C@@H](O)CCCCC. The zero-order valence-electron chi connectivity index (χ0n) is 40.5. The number of likely N-dealkylation sites (N-methyl/N-ethyl adjacent to an activating group) is 1. The Kier molecular flexibility index (Phi) is 34.9. The van der Waals surface area contributed by atoms with Crippen molar-refractivity contribution in [2.75, 3.05) is 47.5 Å². The highest BCUT2D eigenvalue weighted by molar-refractivity contribution is 7.45. The fourth-order valence-corrected chi connectivity index (χ4v) is 8.54. The number of phosphoric acid groups is 1. The molecule has 13 heteroatoms. The van der Waals surface area contributed by atoms with Gasteiger partial charge in [0.1, 0.15) is 25.5 Å². The predicted molar refractivity (Wildman–Crippen MR) is 251 cm³/mol. The number of aliphatic hydroxyl groups is 2. The number of allylic oxidation sites excluding steroid dienone is 3. The number of quaternary nitrogens is 1. The molecule has 12 nitrogen and oxygen atoms in total. The van der Waals surface area contributed by atoms with Gasteiger partial charge in [0.25, 0.3) is 7.82 Å². The quantitative estimate of drug-likeness (QED) is 0.0197. The summed E-state index contributed by atoms with van der Waals surface area (Å²) in [6.07, 6.45) is 34.3. The second-order valence-corrected chi connectivity index (χ2v) is 20.4. The maximum Gasteiger partial charge on any atom is 0.306 e. The Bertz CT molecular complexity index is 1290. The molecular weight excluding hydrogens is 822 g/mol. The number of carbonyl (C=O) groups is 3. The van der Waals surface area contributed by atoms with Crippen molar-refractivity contribution < 1.29 is 57.1 Å². The van der Waals surface area contributed by atoms with Gasteiger partial charge in [0.05, 0.1) is 40.0 Å². The van der Waals surface area contributed by atoms with Gasteiger partial charge in [0.2, 0.25) is 0 Å². The van der Waals surface area contributed by atoms with Gasteiger partial charge in [-0.3, -0.25) is 18.9 Å². The number of aliphatic hydroxyl groups excluding tert-OH is 2. The number of nitrogens with zero attached hydrogens (tertiary/aromatic N) is 1. The number of carbonyl (C=O) groups excluding carboxylic acids is 3. The number of hydrogen-bond donors (Lipinski definition) is 2. The summed E-state index contributed by atoms with van der Waals surface area (Å²) in [5, 5.41) is 20.8. The Balaban J connectivity index is 2.42. The number of ether oxygens (including phenoxy) is 2. The van der Waals surface area contributed by atoms with Crippen LogP contribution in [0.3, 0.4) is 0 Å². The second-order valence-electron chi connectivity index (χ2n) is 19.0. The van der Waals surface area contributed by atoms with Gasteiger partial charge in [-0.15, -0.1) is 0 Å². The summed E-state index contributed by atoms with van der Waals surface area (Å²) in [5.41, 5.74) is 0. The van der Waals surface area contributed by atoms with Crippen molar-refractivity contribution in [3.05, 3.63) is 24.3 Å². The van der Waals surface area contributed by atoms with Crippen LogP contribution >= 0.6 is 7.82 Å². The summed E-state index contributed by atoms with van der Waals surface area (Å²) in [6, 6.07) is 0. The van der Waals surface area contributed by atoms with Gasteiger partial charge < -0.3 is 38.1 Å². The molecule has 0 spiro atoms. The fourth-order valence-electron chi connectivity index (χ4n) is 7.81. The molecule has 1 rings (SSSR count). The number of hydrogen-bond acceptors (Lipinski definition) is 11. The molecule has 0 aromatic rings. The van der Waals surface area contributed by atoms with E-state index in [9.17, 15) is 34.1 Å². The zero-order valence-corrected chi connectivity index (χ0v) is 41.4. The van der Waals surface area contributed by atoms with Crippen LogP contribution in [-0.2, 0) is 37.5 Å². The Morgan fingerprint density at radius 2 is 1.27 bits per heavy atom. The molecule has 63 heavy (non-hydrogen) atoms. The van der Waals surface area contributed by atoms with Crippen LogP contribution < -0.4 is 4.89 Å². The number of ketones is 1. The van der Waals surface area contributed by atoms with Gasteiger partial charge in [-0.25, -0.2) is 0 Å². The minimum Gasteiger partial charge on any atom is -0.756 e. The molecule has 368 valence electrons. The van der Waals surface area contributed by atoms with E-state index in [2.05, 4.69) is 13.8 Å². The lowest BCUT2D eigenvalue weighted by Gasteiger charge is -2.28. The molecule has 0 aliphatic heterocycles. The highest BCUT2D eigenvalue weighted by Crippen LogP contribution is 2.38. The van der Waals surface area contributed by atoms with Crippen LogP contribution in [0.25, 0.3) is 0 Å². The van der Waals surface area contributed by atoms with Crippen LogP contribution in [-0.4, -0.2) is 98.2 Å². The molecular formula is C50H92NO11P. The topological polar surface area (TPSA) is 169 Å². The van der Waals surface area contributed by atoms with Crippen molar-refractivity contribution in [2.45, 2.75) is 218 Å². The minimum absolute atomic E-state index is 0.0327. The standard InChI is InChI=1S/C50H92NO11P/c1-6-8-10-11-12-13-14-15-16-17-18-19-20-21-22-23-24-25-30-34-49(55)59-41-44(42-61-63(57,58)60-39-38-51(3,4)5)62-50(56)35-31-27-26-29-33-45-46(48(54)40-47(45)53)37-36-43(52)32-28-9-7-2/h26,29,36-37,43-47,52-53H,6-25,27-28,30-35,38-42H2,1-5H3/b29-26-,37-36+/t43-,44+,45+,46+,47-/m0/s1. The number of esters is 2. The second kappa shape index (κ2) is 37.2. The third-order valence-electron chi connectivity index (χ3n) is 11.9. The summed E-state index contributed by atoms with van der Waals surface area (Å²) in [6.45, 7) is 3.84. The number of unbranched alkanes of at least 4 members (excludes halogenated alkanes) is 21. The van der Waals surface area contributed by atoms with Crippen molar-refractivity contribution in [1.82, 2.24) is 0 Å². The first-order valence-corrected chi connectivity index (χ1v) is 26.6. The van der Waals surface area contributed by atoms with Crippen LogP contribution in [0.2, 0.25) is 0 Å². The monoisotopic (exact) mass is 914 g/mol. The highest BCUT2D eigenvalue weighted by atomic mass is 31.2. The molecule has 0 saturated heterocycles. The molecule has 0 amide bonds. The molecule has 1 fully saturated rings. The molecule has 0 aromatic carbocycles. The lowest BCUT2D eigenvalue weighted by atomic mass is 9.90. The van der Waals surface area contributed by atoms with Gasteiger partial charge in [0, 0.05) is 31.1 Å². The van der Waals surface area contributed by atoms with E-state index in [1.807, 2.05) is 33.3 Å². The first kappa shape index (κ1) is 59.1. The molecule has 1 aliphatic rings. The summed E-state index contributed by atoms with van der Waals surface area (Å²) < 4.78 is 33.9. The van der Waals surface area contributed by atoms with E-state index >= 15 is 0 Å². The van der Waals surface area contributed by atoms with Crippen LogP contribution in [0.1, 0.15) is 200 Å². The third-order valence-corrected chi connectivity index (χ3v) is 12.8. The van der Waals surface area contributed by atoms with Crippen molar-refractivity contribution in [1.29, 1.82) is 0 Å². The number of Topliss-reactive ketones (excluding diaryl/α,β-unsaturated/α-hetero) is 1. The smallest absolute Gasteiger partial charge is 0.306 e. The van der Waals surface area contributed by atoms with Gasteiger partial charge >= 0.3 is 11.9 Å². The van der Waals surface area contributed by atoms with Gasteiger partial charge in [-0.05, 0) is 32.1 Å². The predicted octanol–water partition coefficient (Wildman–Crippen LogP) is 10.7. The Morgan fingerprint density at radius 1 is 0.746 bits per heavy atom. The number of rotatable bonds is 42. The molecule has 0 radical (unpaired) electrons. The first-order valence-electron chi connectivity index (χ1n) is 25.1. The van der Waals surface area contributed by atoms with E-state index in [-0.39, 0.29) is 44.2 Å². The molecule has 0 heterocycles. The lowest BCUT2D eigenvalue weighted by molar-refractivity contribution is -0.870. The van der Waals surface area contributed by atoms with E-state index in [1.165, 1.54) is 96.3 Å². The lowest BCUT2D eigenvalue weighted by Crippen LogP contribution is -2.37. The maximum atomic E-state index is 12.8. The molecule has 0 bridgehead atoms. The van der Waals surface area contributed by atoms with Crippen LogP contribution in [0.4, 0.5) is 0 Å². The van der Waals surface area contributed by atoms with Gasteiger partial charge in [0.15, 0.2) is 6.10 Å². The van der Waals surface area contributed by atoms with Gasteiger partial charge in [-0.1, -0.05) is 173 Å². The van der Waals surface area contributed by atoms with E-state index in [0.717, 1.165) is 38.5 Å². The summed E-state index contributed by atoms with van der Waals surface area (Å²) in [7, 11) is 1.01. The first-order chi connectivity index (χ1) is 30.2. The van der Waals surface area contributed by atoms with E-state index < -0.39 is 50.6 Å². The average Bonchev–Trinajstić information content (AvgIpc) is 3.50. The molecule has 0 aromatic heterocycles. The molecule has 2 N–H and O–H groups in total. The molecule has 1 unspecified atom stereocenters. The molecule has 1 saturated carbocycles. The molecule has 1 aliphatic carbocycles. The third kappa shape index (κ3) is 34.1. The average molecular weight is 914 g/mol. The largest absolute Gasteiger partial charge is 0.756 e. The van der Waals surface area contributed by atoms with Crippen molar-refractivity contribution in [2.24, 2.45) is 11.8 Å². The van der Waals surface area contributed by atoms with Crippen molar-refractivity contribution in [3.63, 3.8) is 0 Å². The Hall–Kier alpha value is -1.92. The van der Waals surface area contributed by atoms with Crippen LogP contribution in [0.15, 0.2) is 24.3 Å². The summed E-state index contributed by atoms with van der Waals surface area (Å²) >= 11 is 0. The van der Waals surface area contributed by atoms with E-state index in [1.54, 1.807) is 12.2 Å². The number of phosphoric ester groups is 1. The Morgan fingerprint density at radius 3 is 1.83 bits per heavy atom. The minimum atomic E-state index is -4.70. The van der Waals surface area contributed by atoms with E-state index in [0.29, 0.717) is 43.1 Å². The highest BCUT2D eigenvalue weighted by Gasteiger charge is 2.39. The van der Waals surface area contributed by atoms with Gasteiger partial charge in [-0.2, -0.15) is 0 Å². The zero-order chi connectivity index (χ0) is 46.6. The summed E-state index contributed by atoms with van der Waals surface area (Å²) in [4.78, 5) is 50.4. The molecule has 6 atom stereocenters. The summed E-state index contributed by atoms with van der Waals surface area (Å²) in [5.74, 6) is -1.78. The van der Waals surface area contributed by atoms with Crippen molar-refractivity contribution in [3.8, 4) is 0 Å². The Labute approximate surface area is 383 Å². The fraction of sp³-hybridized carbons (Fsp3) is 0.860.